The predicted molar refractivity (Wildman–Crippen MR) is 168 cm³/mol. The molecule has 0 spiro atoms. The molecule has 1 heterocycles. The van der Waals surface area contributed by atoms with E-state index in [-0.39, 0.29) is 30.3 Å². The number of nitrogens with zero attached hydrogens (tertiary/aromatic N) is 1. The zero-order valence-corrected chi connectivity index (χ0v) is 25.6. The molecule has 3 atom stereocenters. The van der Waals surface area contributed by atoms with Gasteiger partial charge >= 0.3 is 0 Å². The minimum absolute atomic E-state index is 0.124. The van der Waals surface area contributed by atoms with Crippen molar-refractivity contribution in [1.29, 1.82) is 0 Å². The average Bonchev–Trinajstić information content (AvgIpc) is 3.02. The Balaban J connectivity index is 1.66. The lowest BCUT2D eigenvalue weighted by atomic mass is 9.98. The standard InChI is InChI=1S/C33H38N6O6/c1-20(2)28(29(41)33(45)35-18-24-13-9-6-10-14-24)39-30(42)21(3)36-32(44)26(17-23-11-7-5-8-12-23)38-31(43)25-15-16-27(34-19-25)37-22(4)40/h5-16,19-21,26,28H,17-18H2,1-4H3,(H,35,45)(H,36,44)(H,38,43)(H,39,42)(H,34,37,40)/t21?,26-,28-/m0/s1. The molecule has 0 bridgehead atoms. The fourth-order valence-electron chi connectivity index (χ4n) is 4.28. The normalized spacial score (nSPS) is 12.6. The molecule has 12 nitrogen and oxygen atoms in total. The summed E-state index contributed by atoms with van der Waals surface area (Å²) in [4.78, 5) is 80.3. The number of ketones is 1. The molecule has 0 aliphatic carbocycles. The first kappa shape index (κ1) is 34.1. The number of carbonyl (C=O) groups excluding carboxylic acids is 6. The van der Waals surface area contributed by atoms with Gasteiger partial charge in [-0.25, -0.2) is 4.98 Å². The van der Waals surface area contributed by atoms with Crippen molar-refractivity contribution in [2.24, 2.45) is 5.92 Å². The third-order valence-corrected chi connectivity index (χ3v) is 6.75. The fraction of sp³-hybridized carbons (Fsp3) is 0.303. The van der Waals surface area contributed by atoms with Gasteiger partial charge in [0.05, 0.1) is 11.6 Å². The highest BCUT2D eigenvalue weighted by Gasteiger charge is 2.32. The summed E-state index contributed by atoms with van der Waals surface area (Å²) in [6, 6.07) is 17.7. The van der Waals surface area contributed by atoms with E-state index >= 15 is 0 Å². The lowest BCUT2D eigenvalue weighted by molar-refractivity contribution is -0.141. The molecule has 1 unspecified atom stereocenters. The molecule has 0 aliphatic heterocycles. The Morgan fingerprint density at radius 1 is 0.733 bits per heavy atom. The minimum Gasteiger partial charge on any atom is -0.345 e. The summed E-state index contributed by atoms with van der Waals surface area (Å²) >= 11 is 0. The van der Waals surface area contributed by atoms with Gasteiger partial charge in [-0.3, -0.25) is 28.8 Å². The lowest BCUT2D eigenvalue weighted by Gasteiger charge is -2.25. The number of hydrogen-bond donors (Lipinski definition) is 5. The number of Topliss-reactive ketones (excluding diaryl/α,β-unsaturated/α-hetero) is 1. The Kier molecular flexibility index (Phi) is 12.5. The number of rotatable bonds is 14. The van der Waals surface area contributed by atoms with E-state index in [1.807, 2.05) is 36.4 Å². The number of amides is 5. The monoisotopic (exact) mass is 614 g/mol. The van der Waals surface area contributed by atoms with Crippen molar-refractivity contribution in [3.8, 4) is 0 Å². The highest BCUT2D eigenvalue weighted by Crippen LogP contribution is 2.09. The molecular formula is C33H38N6O6. The van der Waals surface area contributed by atoms with Crippen LogP contribution in [-0.4, -0.2) is 58.4 Å². The van der Waals surface area contributed by atoms with Crippen molar-refractivity contribution in [1.82, 2.24) is 26.3 Å². The third-order valence-electron chi connectivity index (χ3n) is 6.75. The molecule has 0 saturated heterocycles. The Morgan fingerprint density at radius 3 is 1.91 bits per heavy atom. The maximum atomic E-state index is 13.4. The first-order valence-electron chi connectivity index (χ1n) is 14.5. The van der Waals surface area contributed by atoms with Crippen LogP contribution < -0.4 is 26.6 Å². The zero-order chi connectivity index (χ0) is 32.9. The number of carbonyl (C=O) groups is 6. The Bertz CT molecular complexity index is 1500. The molecule has 0 radical (unpaired) electrons. The van der Waals surface area contributed by atoms with Crippen molar-refractivity contribution < 1.29 is 28.8 Å². The summed E-state index contributed by atoms with van der Waals surface area (Å²) < 4.78 is 0. The second-order valence-electron chi connectivity index (χ2n) is 10.8. The molecule has 5 amide bonds. The van der Waals surface area contributed by atoms with E-state index in [1.165, 1.54) is 32.2 Å². The smallest absolute Gasteiger partial charge is 0.289 e. The van der Waals surface area contributed by atoms with E-state index in [4.69, 9.17) is 0 Å². The fourth-order valence-corrected chi connectivity index (χ4v) is 4.28. The van der Waals surface area contributed by atoms with Crippen LogP contribution in [0.15, 0.2) is 79.0 Å². The quantitative estimate of drug-likeness (QED) is 0.172. The molecule has 3 aromatic rings. The lowest BCUT2D eigenvalue weighted by Crippen LogP contribution is -2.57. The summed E-state index contributed by atoms with van der Waals surface area (Å²) in [5, 5.41) is 13.0. The van der Waals surface area contributed by atoms with Crippen LogP contribution in [0.1, 0.15) is 49.2 Å². The number of benzene rings is 2. The van der Waals surface area contributed by atoms with Crippen LogP contribution in [-0.2, 0) is 36.9 Å². The van der Waals surface area contributed by atoms with Crippen LogP contribution in [0.5, 0.6) is 0 Å². The molecule has 45 heavy (non-hydrogen) atoms. The second-order valence-corrected chi connectivity index (χ2v) is 10.8. The zero-order valence-electron chi connectivity index (χ0n) is 25.6. The molecule has 12 heteroatoms. The van der Waals surface area contributed by atoms with Crippen LogP contribution >= 0.6 is 0 Å². The summed E-state index contributed by atoms with van der Waals surface area (Å²) in [6.07, 6.45) is 1.39. The molecule has 5 N–H and O–H groups in total. The molecule has 236 valence electrons. The molecule has 0 fully saturated rings. The van der Waals surface area contributed by atoms with E-state index in [0.29, 0.717) is 0 Å². The highest BCUT2D eigenvalue weighted by molar-refractivity contribution is 6.38. The van der Waals surface area contributed by atoms with Crippen molar-refractivity contribution in [3.05, 3.63) is 95.7 Å². The van der Waals surface area contributed by atoms with Gasteiger partial charge in [-0.2, -0.15) is 0 Å². The van der Waals surface area contributed by atoms with Crippen molar-refractivity contribution in [3.63, 3.8) is 0 Å². The summed E-state index contributed by atoms with van der Waals surface area (Å²) in [7, 11) is 0. The first-order chi connectivity index (χ1) is 21.4. The topological polar surface area (TPSA) is 175 Å². The van der Waals surface area contributed by atoms with E-state index in [2.05, 4.69) is 31.6 Å². The molecular weight excluding hydrogens is 576 g/mol. The largest absolute Gasteiger partial charge is 0.345 e. The average molecular weight is 615 g/mol. The number of aromatic nitrogens is 1. The summed E-state index contributed by atoms with van der Waals surface area (Å²) in [6.45, 7) is 6.32. The van der Waals surface area contributed by atoms with Gasteiger partial charge in [0.15, 0.2) is 0 Å². The predicted octanol–water partition coefficient (Wildman–Crippen LogP) is 1.91. The molecule has 0 saturated carbocycles. The van der Waals surface area contributed by atoms with Gasteiger partial charge < -0.3 is 26.6 Å². The molecule has 3 rings (SSSR count). The third kappa shape index (κ3) is 10.7. The van der Waals surface area contributed by atoms with Crippen LogP contribution in [0.2, 0.25) is 0 Å². The van der Waals surface area contributed by atoms with Crippen LogP contribution in [0.4, 0.5) is 5.82 Å². The van der Waals surface area contributed by atoms with Crippen LogP contribution in [0.3, 0.4) is 0 Å². The molecule has 0 aliphatic rings. The number of anilines is 1. The Morgan fingerprint density at radius 2 is 1.36 bits per heavy atom. The van der Waals surface area contributed by atoms with Crippen molar-refractivity contribution in [2.75, 3.05) is 5.32 Å². The van der Waals surface area contributed by atoms with Gasteiger partial charge in [0.25, 0.3) is 11.8 Å². The van der Waals surface area contributed by atoms with Gasteiger partial charge in [-0.1, -0.05) is 74.5 Å². The van der Waals surface area contributed by atoms with E-state index in [0.717, 1.165) is 11.1 Å². The Labute approximate surface area is 261 Å². The number of hydrogen-bond acceptors (Lipinski definition) is 7. The number of nitrogens with one attached hydrogen (secondary N) is 5. The number of pyridine rings is 1. The van der Waals surface area contributed by atoms with Gasteiger partial charge in [0.1, 0.15) is 17.9 Å². The van der Waals surface area contributed by atoms with Crippen LogP contribution in [0, 0.1) is 5.92 Å². The molecule has 1 aromatic heterocycles. The minimum atomic E-state index is -1.12. The molecule has 2 aromatic carbocycles. The van der Waals surface area contributed by atoms with Crippen LogP contribution in [0.25, 0.3) is 0 Å². The van der Waals surface area contributed by atoms with Gasteiger partial charge in [-0.05, 0) is 36.1 Å². The second kappa shape index (κ2) is 16.5. The summed E-state index contributed by atoms with van der Waals surface area (Å²) in [5.41, 5.74) is 1.74. The van der Waals surface area contributed by atoms with E-state index in [1.54, 1.807) is 38.1 Å². The van der Waals surface area contributed by atoms with Gasteiger partial charge in [-0.15, -0.1) is 0 Å². The maximum Gasteiger partial charge on any atom is 0.289 e. The SMILES string of the molecule is CC(=O)Nc1ccc(C(=O)N[C@@H](Cc2ccccc2)C(=O)NC(C)C(=O)N[C@H](C(=O)C(=O)NCc2ccccc2)C(C)C)cn1. The maximum absolute atomic E-state index is 13.4. The van der Waals surface area contributed by atoms with E-state index < -0.39 is 53.5 Å². The summed E-state index contributed by atoms with van der Waals surface area (Å²) in [5.74, 6) is -3.99. The first-order valence-corrected chi connectivity index (χ1v) is 14.5. The van der Waals surface area contributed by atoms with Gasteiger partial charge in [0, 0.05) is 26.1 Å². The highest BCUT2D eigenvalue weighted by atomic mass is 16.2. The van der Waals surface area contributed by atoms with Crippen molar-refractivity contribution in [2.45, 2.75) is 58.8 Å². The Hall–Kier alpha value is -5.39. The van der Waals surface area contributed by atoms with Crippen molar-refractivity contribution >= 4 is 41.1 Å². The van der Waals surface area contributed by atoms with Gasteiger partial charge in [0.2, 0.25) is 23.5 Å². The van der Waals surface area contributed by atoms with E-state index in [9.17, 15) is 28.8 Å².